The first-order valence-electron chi connectivity index (χ1n) is 6.83. The van der Waals surface area contributed by atoms with Gasteiger partial charge in [-0.1, -0.05) is 18.2 Å². The van der Waals surface area contributed by atoms with Crippen LogP contribution in [-0.4, -0.2) is 38.6 Å². The molecule has 5 heteroatoms. The highest BCUT2D eigenvalue weighted by Crippen LogP contribution is 2.29. The number of fused-ring (bicyclic) bond motifs is 1. The van der Waals surface area contributed by atoms with Gasteiger partial charge in [-0.3, -0.25) is 0 Å². The number of sulfone groups is 1. The minimum atomic E-state index is -2.84. The fourth-order valence-electron chi connectivity index (χ4n) is 3.05. The van der Waals surface area contributed by atoms with Crippen molar-refractivity contribution in [1.82, 2.24) is 5.32 Å². The Morgan fingerprint density at radius 3 is 2.84 bits per heavy atom. The van der Waals surface area contributed by atoms with Crippen LogP contribution < -0.4 is 10.2 Å². The molecule has 0 bridgehead atoms. The highest BCUT2D eigenvalue weighted by molar-refractivity contribution is 7.91. The molecule has 0 radical (unpaired) electrons. The van der Waals surface area contributed by atoms with Crippen LogP contribution in [0.5, 0.6) is 0 Å². The molecule has 2 aliphatic rings. The number of hydrogen-bond acceptors (Lipinski definition) is 4. The summed E-state index contributed by atoms with van der Waals surface area (Å²) in [5.41, 5.74) is 2.46. The molecule has 2 heterocycles. The van der Waals surface area contributed by atoms with E-state index in [1.165, 1.54) is 11.3 Å². The van der Waals surface area contributed by atoms with Gasteiger partial charge in [0.1, 0.15) is 0 Å². The molecule has 1 fully saturated rings. The lowest BCUT2D eigenvalue weighted by Crippen LogP contribution is -2.42. The van der Waals surface area contributed by atoms with Gasteiger partial charge < -0.3 is 10.2 Å². The maximum atomic E-state index is 11.7. The molecule has 19 heavy (non-hydrogen) atoms. The van der Waals surface area contributed by atoms with Gasteiger partial charge in [0, 0.05) is 30.9 Å². The first kappa shape index (κ1) is 12.9. The smallest absolute Gasteiger partial charge is 0.152 e. The molecule has 1 aromatic carbocycles. The van der Waals surface area contributed by atoms with E-state index in [2.05, 4.69) is 29.3 Å². The van der Waals surface area contributed by atoms with Gasteiger partial charge in [0.05, 0.1) is 11.5 Å². The van der Waals surface area contributed by atoms with Crippen molar-refractivity contribution in [3.8, 4) is 0 Å². The van der Waals surface area contributed by atoms with Gasteiger partial charge >= 0.3 is 0 Å². The summed E-state index contributed by atoms with van der Waals surface area (Å²) in [5, 5.41) is 3.48. The average molecular weight is 280 g/mol. The summed E-state index contributed by atoms with van der Waals surface area (Å²) in [7, 11) is -2.84. The number of nitrogens with one attached hydrogen (secondary N) is 1. The van der Waals surface area contributed by atoms with Crippen LogP contribution in [0.2, 0.25) is 0 Å². The number of para-hydroxylation sites is 1. The van der Waals surface area contributed by atoms with E-state index in [1.807, 2.05) is 12.1 Å². The molecule has 0 aliphatic carbocycles. The maximum Gasteiger partial charge on any atom is 0.152 e. The van der Waals surface area contributed by atoms with Crippen LogP contribution in [0.4, 0.5) is 5.69 Å². The normalized spacial score (nSPS) is 29.8. The fourth-order valence-corrected chi connectivity index (χ4v) is 4.78. The lowest BCUT2D eigenvalue weighted by molar-refractivity contribution is 0.528. The third-order valence-electron chi connectivity index (χ3n) is 4.06. The summed E-state index contributed by atoms with van der Waals surface area (Å²) < 4.78 is 23.4. The largest absolute Gasteiger partial charge is 0.366 e. The summed E-state index contributed by atoms with van der Waals surface area (Å²) in [6.45, 7) is 3.88. The third kappa shape index (κ3) is 2.62. The Bertz CT molecular complexity index is 571. The van der Waals surface area contributed by atoms with Gasteiger partial charge in [0.2, 0.25) is 0 Å². The predicted octanol–water partition coefficient (Wildman–Crippen LogP) is 1.17. The van der Waals surface area contributed by atoms with Crippen LogP contribution >= 0.6 is 0 Å². The van der Waals surface area contributed by atoms with Crippen LogP contribution in [0.25, 0.3) is 0 Å². The molecule has 2 unspecified atom stereocenters. The van der Waals surface area contributed by atoms with Gasteiger partial charge in [-0.05, 0) is 25.0 Å². The average Bonchev–Trinajstić information content (AvgIpc) is 2.64. The molecule has 0 saturated carbocycles. The van der Waals surface area contributed by atoms with Crippen LogP contribution in [-0.2, 0) is 16.4 Å². The van der Waals surface area contributed by atoms with Crippen molar-refractivity contribution in [3.63, 3.8) is 0 Å². The van der Waals surface area contributed by atoms with Crippen molar-refractivity contribution >= 4 is 15.5 Å². The van der Waals surface area contributed by atoms with Gasteiger partial charge in [0.15, 0.2) is 9.84 Å². The molecule has 1 aromatic rings. The Kier molecular flexibility index (Phi) is 3.27. The first-order valence-corrected chi connectivity index (χ1v) is 8.66. The Morgan fingerprint density at radius 2 is 2.11 bits per heavy atom. The lowest BCUT2D eigenvalue weighted by atomic mass is 10.1. The van der Waals surface area contributed by atoms with Crippen molar-refractivity contribution in [2.24, 2.45) is 0 Å². The fraction of sp³-hybridized carbons (Fsp3) is 0.571. The Labute approximate surface area is 114 Å². The molecule has 1 N–H and O–H groups in total. The summed E-state index contributed by atoms with van der Waals surface area (Å²) >= 11 is 0. The molecule has 104 valence electrons. The lowest BCUT2D eigenvalue weighted by Gasteiger charge is -2.31. The van der Waals surface area contributed by atoms with Gasteiger partial charge in [-0.2, -0.15) is 0 Å². The molecule has 0 aromatic heterocycles. The summed E-state index contributed by atoms with van der Waals surface area (Å²) in [6, 6.07) is 8.81. The number of hydrogen-bond donors (Lipinski definition) is 1. The molecular formula is C14H20N2O2S. The molecular weight excluding hydrogens is 260 g/mol. The van der Waals surface area contributed by atoms with Crippen LogP contribution in [0.3, 0.4) is 0 Å². The van der Waals surface area contributed by atoms with E-state index in [0.29, 0.717) is 17.5 Å². The van der Waals surface area contributed by atoms with E-state index in [0.717, 1.165) is 19.5 Å². The monoisotopic (exact) mass is 280 g/mol. The molecule has 2 aliphatic heterocycles. The van der Waals surface area contributed by atoms with Crippen molar-refractivity contribution in [2.75, 3.05) is 23.0 Å². The standard InChI is InChI=1S/C14H20N2O2S/c1-11-9-16(13-6-7-19(17,18)10-13)14-5-3-2-4-12(14)8-15-11/h2-5,11,13,15H,6-10H2,1H3. The summed E-state index contributed by atoms with van der Waals surface area (Å²) in [5.74, 6) is 0.631. The number of rotatable bonds is 1. The summed E-state index contributed by atoms with van der Waals surface area (Å²) in [6.07, 6.45) is 0.753. The number of nitrogens with zero attached hydrogens (tertiary/aromatic N) is 1. The first-order chi connectivity index (χ1) is 9.05. The SMILES string of the molecule is CC1CN(C2CCS(=O)(=O)C2)c2ccccc2CN1. The van der Waals surface area contributed by atoms with E-state index in [-0.39, 0.29) is 6.04 Å². The van der Waals surface area contributed by atoms with Crippen molar-refractivity contribution in [2.45, 2.75) is 32.0 Å². The zero-order valence-electron chi connectivity index (χ0n) is 11.2. The summed E-state index contributed by atoms with van der Waals surface area (Å²) in [4.78, 5) is 2.30. The van der Waals surface area contributed by atoms with Crippen LogP contribution in [0.1, 0.15) is 18.9 Å². The minimum Gasteiger partial charge on any atom is -0.366 e. The second-order valence-electron chi connectivity index (χ2n) is 5.62. The molecule has 1 saturated heterocycles. The molecule has 0 amide bonds. The molecule has 3 rings (SSSR count). The highest BCUT2D eigenvalue weighted by atomic mass is 32.2. The van der Waals surface area contributed by atoms with Crippen molar-refractivity contribution in [1.29, 1.82) is 0 Å². The van der Waals surface area contributed by atoms with Crippen molar-refractivity contribution in [3.05, 3.63) is 29.8 Å². The minimum absolute atomic E-state index is 0.133. The molecule has 2 atom stereocenters. The highest BCUT2D eigenvalue weighted by Gasteiger charge is 2.34. The van der Waals surface area contributed by atoms with Crippen LogP contribution in [0.15, 0.2) is 24.3 Å². The van der Waals surface area contributed by atoms with E-state index in [1.54, 1.807) is 0 Å². The quantitative estimate of drug-likeness (QED) is 0.839. The third-order valence-corrected chi connectivity index (χ3v) is 5.81. The van der Waals surface area contributed by atoms with Crippen LogP contribution in [0, 0.1) is 0 Å². The Morgan fingerprint density at radius 1 is 1.32 bits per heavy atom. The second kappa shape index (κ2) is 4.80. The Hall–Kier alpha value is -1.07. The van der Waals surface area contributed by atoms with Gasteiger partial charge in [-0.15, -0.1) is 0 Å². The van der Waals surface area contributed by atoms with Gasteiger partial charge in [-0.25, -0.2) is 8.42 Å². The van der Waals surface area contributed by atoms with E-state index in [9.17, 15) is 8.42 Å². The predicted molar refractivity (Wildman–Crippen MR) is 77.1 cm³/mol. The van der Waals surface area contributed by atoms with E-state index < -0.39 is 9.84 Å². The van der Waals surface area contributed by atoms with E-state index >= 15 is 0 Å². The Balaban J connectivity index is 1.95. The second-order valence-corrected chi connectivity index (χ2v) is 7.85. The van der Waals surface area contributed by atoms with Crippen molar-refractivity contribution < 1.29 is 8.42 Å². The zero-order chi connectivity index (χ0) is 13.5. The van der Waals surface area contributed by atoms with Gasteiger partial charge in [0.25, 0.3) is 0 Å². The topological polar surface area (TPSA) is 49.4 Å². The number of anilines is 1. The van der Waals surface area contributed by atoms with E-state index in [4.69, 9.17) is 0 Å². The molecule has 0 spiro atoms. The zero-order valence-corrected chi connectivity index (χ0v) is 12.0. The maximum absolute atomic E-state index is 11.7. The number of benzene rings is 1. The molecule has 4 nitrogen and oxygen atoms in total.